The quantitative estimate of drug-likeness (QED) is 0.461. The van der Waals surface area contributed by atoms with Crippen molar-refractivity contribution in [3.05, 3.63) is 64.8 Å². The number of hydrogen-bond donors (Lipinski definition) is 3. The summed E-state index contributed by atoms with van der Waals surface area (Å²) >= 11 is 3.51. The zero-order valence-corrected chi connectivity index (χ0v) is 13.9. The van der Waals surface area contributed by atoms with E-state index in [1.807, 2.05) is 42.6 Å². The van der Waals surface area contributed by atoms with Gasteiger partial charge in [-0.2, -0.15) is 0 Å². The maximum Gasteiger partial charge on any atom is 0.140 e. The molecule has 0 radical (unpaired) electrons. The normalized spacial score (nSPS) is 11.2. The van der Waals surface area contributed by atoms with E-state index in [2.05, 4.69) is 43.3 Å². The van der Waals surface area contributed by atoms with E-state index in [1.54, 1.807) is 0 Å². The lowest BCUT2D eigenvalue weighted by molar-refractivity contribution is 1.15. The lowest BCUT2D eigenvalue weighted by Crippen LogP contribution is -2.00. The summed E-state index contributed by atoms with van der Waals surface area (Å²) in [6, 6.07) is 16.1. The van der Waals surface area contributed by atoms with Crippen LogP contribution in [0.25, 0.3) is 21.9 Å². The van der Waals surface area contributed by atoms with Crippen molar-refractivity contribution >= 4 is 49.2 Å². The molecule has 0 saturated carbocycles. The highest BCUT2D eigenvalue weighted by atomic mass is 79.9. The second kappa shape index (κ2) is 5.59. The number of fused-ring (bicyclic) bond motifs is 3. The minimum Gasteiger partial charge on any atom is -0.399 e. The molecule has 23 heavy (non-hydrogen) atoms. The van der Waals surface area contributed by atoms with Gasteiger partial charge in [0.15, 0.2) is 0 Å². The number of nitrogen functional groups attached to an aromatic ring is 1. The Morgan fingerprint density at radius 2 is 2.04 bits per heavy atom. The fourth-order valence-corrected chi connectivity index (χ4v) is 3.27. The molecule has 0 fully saturated rings. The van der Waals surface area contributed by atoms with Crippen molar-refractivity contribution in [2.75, 3.05) is 11.1 Å². The molecule has 2 aromatic carbocycles. The number of hydrogen-bond acceptors (Lipinski definition) is 3. The standard InChI is InChI=1S/C18H15BrN4/c19-12-3-1-2-11(8-12)10-22-16-6-7-21-18-17(16)14-9-13(20)4-5-15(14)23-18/h1-9H,10,20H2,(H2,21,22,23). The number of benzene rings is 2. The van der Waals surface area contributed by atoms with Crippen molar-refractivity contribution in [2.24, 2.45) is 0 Å². The van der Waals surface area contributed by atoms with Crippen LogP contribution in [0.5, 0.6) is 0 Å². The number of H-pyrrole nitrogens is 1. The number of halogens is 1. The fraction of sp³-hybridized carbons (Fsp3) is 0.0556. The first kappa shape index (κ1) is 14.1. The van der Waals surface area contributed by atoms with E-state index >= 15 is 0 Å². The Hall–Kier alpha value is -2.53. The van der Waals surface area contributed by atoms with Gasteiger partial charge < -0.3 is 16.0 Å². The summed E-state index contributed by atoms with van der Waals surface area (Å²) in [6.45, 7) is 0.744. The van der Waals surface area contributed by atoms with E-state index < -0.39 is 0 Å². The first-order chi connectivity index (χ1) is 11.2. The zero-order chi connectivity index (χ0) is 15.8. The van der Waals surface area contributed by atoms with Gasteiger partial charge in [-0.15, -0.1) is 0 Å². The fourth-order valence-electron chi connectivity index (χ4n) is 2.83. The number of anilines is 2. The van der Waals surface area contributed by atoms with Crippen molar-refractivity contribution in [3.8, 4) is 0 Å². The van der Waals surface area contributed by atoms with Crippen LogP contribution in [0.15, 0.2) is 59.2 Å². The molecule has 0 aliphatic carbocycles. The molecule has 4 N–H and O–H groups in total. The van der Waals surface area contributed by atoms with E-state index in [0.29, 0.717) is 0 Å². The van der Waals surface area contributed by atoms with Gasteiger partial charge in [-0.05, 0) is 42.0 Å². The monoisotopic (exact) mass is 366 g/mol. The number of rotatable bonds is 3. The second-order valence-electron chi connectivity index (χ2n) is 5.50. The molecule has 0 spiro atoms. The minimum atomic E-state index is 0.744. The van der Waals surface area contributed by atoms with E-state index in [-0.39, 0.29) is 0 Å². The van der Waals surface area contributed by atoms with Crippen LogP contribution in [0, 0.1) is 0 Å². The molecule has 4 rings (SSSR count). The molecule has 0 amide bonds. The molecule has 0 bridgehead atoms. The number of nitrogens with zero attached hydrogens (tertiary/aromatic N) is 1. The Bertz CT molecular complexity index is 1010. The number of nitrogens with one attached hydrogen (secondary N) is 2. The molecular formula is C18H15BrN4. The highest BCUT2D eigenvalue weighted by Crippen LogP contribution is 2.31. The minimum absolute atomic E-state index is 0.744. The van der Waals surface area contributed by atoms with Gasteiger partial charge in [0.2, 0.25) is 0 Å². The summed E-state index contributed by atoms with van der Waals surface area (Å²) in [5, 5.41) is 5.67. The van der Waals surface area contributed by atoms with E-state index in [4.69, 9.17) is 5.73 Å². The molecule has 0 unspecified atom stereocenters. The molecule has 0 aliphatic heterocycles. The van der Waals surface area contributed by atoms with Crippen molar-refractivity contribution in [1.29, 1.82) is 0 Å². The van der Waals surface area contributed by atoms with Gasteiger partial charge in [0.05, 0.1) is 0 Å². The van der Waals surface area contributed by atoms with Crippen molar-refractivity contribution in [3.63, 3.8) is 0 Å². The van der Waals surface area contributed by atoms with Crippen LogP contribution in [0.1, 0.15) is 5.56 Å². The third-order valence-corrected chi connectivity index (χ3v) is 4.38. The summed E-state index contributed by atoms with van der Waals surface area (Å²) in [7, 11) is 0. The maximum atomic E-state index is 5.95. The maximum absolute atomic E-state index is 5.95. The summed E-state index contributed by atoms with van der Waals surface area (Å²) in [5.41, 5.74) is 10.9. The Kier molecular flexibility index (Phi) is 3.42. The van der Waals surface area contributed by atoms with Gasteiger partial charge in [-0.1, -0.05) is 28.1 Å². The molecule has 2 heterocycles. The smallest absolute Gasteiger partial charge is 0.140 e. The third kappa shape index (κ3) is 2.64. The van der Waals surface area contributed by atoms with Crippen LogP contribution in [-0.4, -0.2) is 9.97 Å². The summed E-state index contributed by atoms with van der Waals surface area (Å²) in [4.78, 5) is 7.77. The molecule has 5 heteroatoms. The van der Waals surface area contributed by atoms with Gasteiger partial charge in [0.25, 0.3) is 0 Å². The van der Waals surface area contributed by atoms with Crippen molar-refractivity contribution < 1.29 is 0 Å². The molecule has 4 aromatic rings. The van der Waals surface area contributed by atoms with Crippen molar-refractivity contribution in [1.82, 2.24) is 9.97 Å². The van der Waals surface area contributed by atoms with Gasteiger partial charge in [0, 0.05) is 44.9 Å². The predicted octanol–water partition coefficient (Wildman–Crippen LogP) is 4.67. The SMILES string of the molecule is Nc1ccc2[nH]c3nccc(NCc4cccc(Br)c4)c3c2c1. The number of pyridine rings is 1. The average molecular weight is 367 g/mol. The average Bonchev–Trinajstić information content (AvgIpc) is 2.91. The van der Waals surface area contributed by atoms with E-state index in [1.165, 1.54) is 5.56 Å². The Morgan fingerprint density at radius 1 is 1.13 bits per heavy atom. The molecule has 114 valence electrons. The van der Waals surface area contributed by atoms with Crippen LogP contribution in [0.3, 0.4) is 0 Å². The van der Waals surface area contributed by atoms with Gasteiger partial charge in [-0.3, -0.25) is 0 Å². The highest BCUT2D eigenvalue weighted by Gasteiger charge is 2.10. The van der Waals surface area contributed by atoms with Gasteiger partial charge >= 0.3 is 0 Å². The van der Waals surface area contributed by atoms with Crippen LogP contribution < -0.4 is 11.1 Å². The van der Waals surface area contributed by atoms with Crippen LogP contribution in [0.4, 0.5) is 11.4 Å². The number of aromatic amines is 1. The first-order valence-electron chi connectivity index (χ1n) is 7.35. The largest absolute Gasteiger partial charge is 0.399 e. The highest BCUT2D eigenvalue weighted by molar-refractivity contribution is 9.10. The molecule has 2 aromatic heterocycles. The lowest BCUT2D eigenvalue weighted by atomic mass is 10.1. The zero-order valence-electron chi connectivity index (χ0n) is 12.3. The topological polar surface area (TPSA) is 66.7 Å². The summed E-state index contributed by atoms with van der Waals surface area (Å²) in [5.74, 6) is 0. The molecule has 0 atom stereocenters. The molecular weight excluding hydrogens is 352 g/mol. The Balaban J connectivity index is 1.77. The molecule has 0 aliphatic rings. The van der Waals surface area contributed by atoms with E-state index in [0.717, 1.165) is 44.3 Å². The third-order valence-electron chi connectivity index (χ3n) is 3.89. The van der Waals surface area contributed by atoms with Gasteiger partial charge in [-0.25, -0.2) is 4.98 Å². The molecule has 4 nitrogen and oxygen atoms in total. The number of nitrogens with two attached hydrogens (primary N) is 1. The Labute approximate surface area is 141 Å². The Morgan fingerprint density at radius 3 is 2.91 bits per heavy atom. The van der Waals surface area contributed by atoms with Crippen LogP contribution in [-0.2, 0) is 6.54 Å². The lowest BCUT2D eigenvalue weighted by Gasteiger charge is -2.08. The first-order valence-corrected chi connectivity index (χ1v) is 8.14. The van der Waals surface area contributed by atoms with Crippen LogP contribution >= 0.6 is 15.9 Å². The predicted molar refractivity (Wildman–Crippen MR) is 99.5 cm³/mol. The summed E-state index contributed by atoms with van der Waals surface area (Å²) < 4.78 is 1.08. The second-order valence-corrected chi connectivity index (χ2v) is 6.41. The van der Waals surface area contributed by atoms with Crippen molar-refractivity contribution in [2.45, 2.75) is 6.54 Å². The van der Waals surface area contributed by atoms with Gasteiger partial charge in [0.1, 0.15) is 5.65 Å². The van der Waals surface area contributed by atoms with Crippen LogP contribution in [0.2, 0.25) is 0 Å². The number of aromatic nitrogens is 2. The molecule has 0 saturated heterocycles. The van der Waals surface area contributed by atoms with E-state index in [9.17, 15) is 0 Å². The summed E-state index contributed by atoms with van der Waals surface area (Å²) in [6.07, 6.45) is 1.81.